The minimum absolute atomic E-state index is 0.00624. The second-order valence-electron chi connectivity index (χ2n) is 36.9. The van der Waals surface area contributed by atoms with E-state index >= 15 is 0 Å². The second-order valence-corrected chi connectivity index (χ2v) is 36.9. The predicted molar refractivity (Wildman–Crippen MR) is 573 cm³/mol. The first-order valence-corrected chi connectivity index (χ1v) is 46.8. The number of hydrogen-bond acceptors (Lipinski definition) is 8. The van der Waals surface area contributed by atoms with Gasteiger partial charge in [-0.3, -0.25) is 0 Å². The number of fused-ring (bicyclic) bond motifs is 16. The SMILES string of the molecule is Cc1cc(C)c2c(n1)oc1c(-c3n(-c4ccccc4)c4ccccc4[n+]3C)c(C)ccc12.Cc1ccc2c(n1)oc1c(-c3n(-c4ccccc4)c4ccccc4[n+]3C)c(C)cc(C)c12.[2H]C([2H])([2H])c1cc(C)c(-c2n(-c3c(C([2H])(C)C([2H])([2H])[2H])cccc3C([2H])(C)C([2H])([2H])[2H])c3ccccc3[n+]2C)c2oc3nc(C)ccc3c12.[2H]C([2H])([2H])c1cc(C)nc2oc3c(-c4n(-c5c(C([2H])(C)C([2H])([2H])[2H])cccc5C([2H])(C)C([2H])([2H])[2H])c5ccccc5[n+]4C)c(C)ccc3c12. The van der Waals surface area contributed by atoms with E-state index < -0.39 is 64.7 Å². The number of rotatable bonds is 12. The van der Waals surface area contributed by atoms with Crippen LogP contribution in [0, 0.1) is 82.9 Å². The Morgan fingerprint density at radius 2 is 0.557 bits per heavy atom. The number of benzene rings is 12. The Hall–Kier alpha value is -15.7. The van der Waals surface area contributed by atoms with Crippen molar-refractivity contribution in [2.75, 3.05) is 0 Å². The summed E-state index contributed by atoms with van der Waals surface area (Å²) < 4.78 is 230. The molecule has 0 spiro atoms. The van der Waals surface area contributed by atoms with Crippen molar-refractivity contribution in [2.45, 2.75) is 162 Å². The molecule has 4 unspecified atom stereocenters. The third kappa shape index (κ3) is 14.8. The minimum atomic E-state index is -2.85. The first-order valence-electron chi connectivity index (χ1n) is 57.8. The highest BCUT2D eigenvalue weighted by atomic mass is 16.4. The number of nitrogens with zero attached hydrogens (tertiary/aromatic N) is 12. The van der Waals surface area contributed by atoms with E-state index in [9.17, 15) is 5.48 Å². The van der Waals surface area contributed by atoms with E-state index in [1.54, 1.807) is 92.5 Å². The van der Waals surface area contributed by atoms with E-state index in [0.29, 0.717) is 106 Å². The number of furan rings is 4. The van der Waals surface area contributed by atoms with E-state index in [1.165, 1.54) is 103 Å². The first-order chi connectivity index (χ1) is 76.1. The molecular formula is C124H120N12O4+4. The Morgan fingerprint density at radius 1 is 0.264 bits per heavy atom. The summed E-state index contributed by atoms with van der Waals surface area (Å²) in [7, 11) is 7.86. The second kappa shape index (κ2) is 35.4. The molecule has 0 saturated heterocycles. The molecule has 0 amide bonds. The molecule has 12 aromatic carbocycles. The van der Waals surface area contributed by atoms with E-state index in [1.807, 2.05) is 60.2 Å². The molecule has 12 aromatic heterocycles. The summed E-state index contributed by atoms with van der Waals surface area (Å²) in [5.41, 5.74) is 26.0. The molecule has 140 heavy (non-hydrogen) atoms. The van der Waals surface area contributed by atoms with Crippen LogP contribution in [-0.4, -0.2) is 38.2 Å². The largest absolute Gasteiger partial charge is 0.437 e. The summed E-state index contributed by atoms with van der Waals surface area (Å²) in [5.74, 6) is -5.95. The van der Waals surface area contributed by atoms with Crippen molar-refractivity contribution >= 4 is 132 Å². The van der Waals surface area contributed by atoms with Crippen molar-refractivity contribution < 1.29 is 66.1 Å². The van der Waals surface area contributed by atoms with E-state index in [4.69, 9.17) is 47.3 Å². The van der Waals surface area contributed by atoms with Gasteiger partial charge in [-0.1, -0.05) is 213 Å². The maximum Gasteiger partial charge on any atom is 0.299 e. The van der Waals surface area contributed by atoms with Gasteiger partial charge in [0.25, 0.3) is 23.3 Å². The molecule has 24 aromatic rings. The Bertz CT molecular complexity index is 10100. The molecule has 0 fully saturated rings. The standard InChI is InChI=1S/2C34H36N3O.2C28H24N3O/c1-19(2)24-12-11-13-25(20(3)4)31(24)37-28-15-10-9-14-27(28)36(8)34(37)30-22(6)18-21(5)29-26-17-16-23(7)35-33(26)38-32(29)30;1-19(2)24-12-11-13-25(20(3)4)31(24)37-28-15-10-9-14-27(28)36(8)34(37)30-21(5)16-17-26-29-22(6)18-23(7)35-33(29)38-32(26)30;1-17-16-18(2)25(26-24(17)21-15-14-19(3)29-27(21)32-26)28-30(4)22-12-8-9-13-23(22)31(28)20-10-6-5-7-11-20;1-17-14-15-21-24-18(2)16-19(3)29-27(24)32-26(21)25(17)28-30(4)22-12-8-9-13-23(22)31(28)20-10-6-5-7-11-20/h2*9-20H,1-8H3;2*5-16H,1-4H3/q4*+1/i1D3,3D3,5D3,19D,20D;1D3,3D3,6D3,19D,20D;;. The van der Waals surface area contributed by atoms with Gasteiger partial charge < -0.3 is 17.7 Å². The van der Waals surface area contributed by atoms with Gasteiger partial charge in [0.15, 0.2) is 66.5 Å². The average Bonchev–Trinajstić information content (AvgIpc) is 1.53. The summed E-state index contributed by atoms with van der Waals surface area (Å²) in [5, 5.41) is 6.09. The highest BCUT2D eigenvalue weighted by molar-refractivity contribution is 6.14. The lowest BCUT2D eigenvalue weighted by Crippen LogP contribution is -2.30. The molecule has 0 bridgehead atoms. The summed E-state index contributed by atoms with van der Waals surface area (Å²) in [6.45, 7) is 8.38. The topological polar surface area (TPSA) is 139 Å². The molecular weight excluding hydrogens is 1720 g/mol. The van der Waals surface area contributed by atoms with Gasteiger partial charge in [0, 0.05) is 108 Å². The number of aryl methyl sites for hydroxylation is 16. The molecule has 0 aliphatic carbocycles. The van der Waals surface area contributed by atoms with Crippen molar-refractivity contribution in [3.63, 3.8) is 0 Å². The molecule has 0 aliphatic heterocycles. The molecule has 12 heterocycles. The molecule has 4 atom stereocenters. The van der Waals surface area contributed by atoms with Crippen LogP contribution in [0.25, 0.3) is 201 Å². The van der Waals surface area contributed by atoms with Crippen LogP contribution in [0.2, 0.25) is 0 Å². The molecule has 0 aliphatic rings. The highest BCUT2D eigenvalue weighted by Gasteiger charge is 2.39. The number of imidazole rings is 4. The van der Waals surface area contributed by atoms with Crippen molar-refractivity contribution in [1.82, 2.24) is 38.2 Å². The van der Waals surface area contributed by atoms with Gasteiger partial charge in [-0.2, -0.15) is 18.3 Å². The third-order valence-corrected chi connectivity index (χ3v) is 27.3. The number of aromatic nitrogens is 12. The maximum atomic E-state index is 9.25. The molecule has 16 nitrogen and oxygen atoms in total. The van der Waals surface area contributed by atoms with Crippen molar-refractivity contribution in [3.05, 3.63) is 356 Å². The molecule has 0 saturated carbocycles. The van der Waals surface area contributed by atoms with Crippen molar-refractivity contribution in [1.29, 1.82) is 0 Å². The zero-order valence-corrected chi connectivity index (χ0v) is 81.4. The summed E-state index contributed by atoms with van der Waals surface area (Å²) in [6.07, 6.45) is 0. The number of pyridine rings is 4. The minimum Gasteiger partial charge on any atom is -0.437 e. The zero-order valence-electron chi connectivity index (χ0n) is 103. The van der Waals surface area contributed by atoms with Crippen LogP contribution in [0.3, 0.4) is 0 Å². The van der Waals surface area contributed by atoms with E-state index in [-0.39, 0.29) is 61.8 Å². The maximum absolute atomic E-state index is 9.25. The predicted octanol–water partition coefficient (Wildman–Crippen LogP) is 29.9. The Kier molecular flexibility index (Phi) is 17.3. The Labute approximate surface area is 847 Å². The lowest BCUT2D eigenvalue weighted by atomic mass is 9.92. The number of para-hydroxylation sites is 12. The molecule has 0 radical (unpaired) electrons. The quantitative estimate of drug-likeness (QED) is 0.110. The third-order valence-electron chi connectivity index (χ3n) is 27.3. The molecule has 16 heteroatoms. The van der Waals surface area contributed by atoms with Crippen LogP contribution in [0.15, 0.2) is 285 Å². The van der Waals surface area contributed by atoms with Crippen molar-refractivity contribution in [3.8, 4) is 68.3 Å². The van der Waals surface area contributed by atoms with Gasteiger partial charge in [0.1, 0.15) is 45.0 Å². The van der Waals surface area contributed by atoms with Crippen LogP contribution in [0.5, 0.6) is 0 Å². The van der Waals surface area contributed by atoms with Gasteiger partial charge in [0.2, 0.25) is 22.9 Å². The van der Waals surface area contributed by atoms with Crippen LogP contribution < -0.4 is 18.3 Å². The van der Waals surface area contributed by atoms with Crippen LogP contribution >= 0.6 is 0 Å². The van der Waals surface area contributed by atoms with Gasteiger partial charge in [-0.05, 0) is 260 Å². The fraction of sp³-hybridized carbons (Fsp3) is 0.226. The van der Waals surface area contributed by atoms with Gasteiger partial charge in [0.05, 0.1) is 39.0 Å². The average molecular weight is 1860 g/mol. The van der Waals surface area contributed by atoms with E-state index in [0.717, 1.165) is 89.3 Å². The van der Waals surface area contributed by atoms with Crippen molar-refractivity contribution in [2.24, 2.45) is 28.2 Å². The van der Waals surface area contributed by atoms with Gasteiger partial charge >= 0.3 is 0 Å². The molecule has 696 valence electrons. The van der Waals surface area contributed by atoms with E-state index in [2.05, 4.69) is 221 Å². The monoisotopic (exact) mass is 1860 g/mol. The zero-order chi connectivity index (χ0) is 116. The highest BCUT2D eigenvalue weighted by Crippen LogP contribution is 2.49. The number of hydrogen-bond donors (Lipinski definition) is 0. The first kappa shape index (κ1) is 68.3. The summed E-state index contributed by atoms with van der Waals surface area (Å²) >= 11 is 0. The summed E-state index contributed by atoms with van der Waals surface area (Å²) in [4.78, 5) is 18.5. The van der Waals surface area contributed by atoms with Crippen LogP contribution in [0.1, 0.15) is 198 Å². The van der Waals surface area contributed by atoms with Gasteiger partial charge in [-0.15, -0.1) is 0 Å². The Morgan fingerprint density at radius 3 is 0.936 bits per heavy atom. The van der Waals surface area contributed by atoms with Gasteiger partial charge in [-0.25, -0.2) is 38.2 Å². The fourth-order valence-electron chi connectivity index (χ4n) is 21.1. The lowest BCUT2D eigenvalue weighted by molar-refractivity contribution is -0.633. The Balaban J connectivity index is 0.000000126. The summed E-state index contributed by atoms with van der Waals surface area (Å²) in [6, 6.07) is 84.8. The fourth-order valence-corrected chi connectivity index (χ4v) is 21.1. The normalized spacial score (nSPS) is 16.5. The lowest BCUT2D eigenvalue weighted by Gasteiger charge is -2.18. The smallest absolute Gasteiger partial charge is 0.299 e. The van der Waals surface area contributed by atoms with Crippen LogP contribution in [-0.2, 0) is 28.2 Å². The van der Waals surface area contributed by atoms with Crippen LogP contribution in [0.4, 0.5) is 0 Å². The molecule has 24 rings (SSSR count). The molecule has 0 N–H and O–H groups in total.